The van der Waals surface area contributed by atoms with Crippen molar-refractivity contribution < 1.29 is 19.4 Å². The van der Waals surface area contributed by atoms with Crippen molar-refractivity contribution in [2.75, 3.05) is 26.2 Å². The molecule has 3 aliphatic rings. The van der Waals surface area contributed by atoms with Gasteiger partial charge in [-0.05, 0) is 72.1 Å². The zero-order chi connectivity index (χ0) is 22.6. The molecule has 2 N–H and O–H groups in total. The lowest BCUT2D eigenvalue weighted by molar-refractivity contribution is -0.138. The number of amides is 1. The van der Waals surface area contributed by atoms with Crippen molar-refractivity contribution in [2.24, 2.45) is 5.92 Å². The molecule has 7 nitrogen and oxygen atoms in total. The molecule has 0 unspecified atom stereocenters. The molecule has 1 saturated carbocycles. The van der Waals surface area contributed by atoms with Gasteiger partial charge in [0.1, 0.15) is 5.60 Å². The fraction of sp³-hybridized carbons (Fsp3) is 0.917. The van der Waals surface area contributed by atoms with Gasteiger partial charge in [-0.1, -0.05) is 12.8 Å². The number of rotatable bonds is 5. The van der Waals surface area contributed by atoms with Crippen LogP contribution in [0.2, 0.25) is 0 Å². The van der Waals surface area contributed by atoms with Gasteiger partial charge in [-0.2, -0.15) is 0 Å². The maximum absolute atomic E-state index is 12.4. The summed E-state index contributed by atoms with van der Waals surface area (Å²) in [6.07, 6.45) is 8.80. The first-order valence-corrected chi connectivity index (χ1v) is 12.3. The molecule has 2 atom stereocenters. The largest absolute Gasteiger partial charge is 0.481 e. The van der Waals surface area contributed by atoms with Crippen molar-refractivity contribution >= 4 is 12.1 Å². The molecule has 7 heteroatoms. The molecule has 178 valence electrons. The highest BCUT2D eigenvalue weighted by molar-refractivity contribution is 5.68. The average Bonchev–Trinajstić information content (AvgIpc) is 2.69. The van der Waals surface area contributed by atoms with Crippen LogP contribution in [0.4, 0.5) is 4.79 Å². The van der Waals surface area contributed by atoms with Crippen LogP contribution >= 0.6 is 0 Å². The maximum Gasteiger partial charge on any atom is 0.410 e. The topological polar surface area (TPSA) is 82.1 Å². The molecule has 1 aliphatic carbocycles. The molecule has 31 heavy (non-hydrogen) atoms. The Morgan fingerprint density at radius 2 is 1.65 bits per heavy atom. The van der Waals surface area contributed by atoms with Crippen LogP contribution in [-0.4, -0.2) is 76.4 Å². The lowest BCUT2D eigenvalue weighted by Crippen LogP contribution is -2.58. The van der Waals surface area contributed by atoms with Crippen LogP contribution < -0.4 is 5.32 Å². The first-order valence-electron chi connectivity index (χ1n) is 12.3. The number of carboxylic acid groups (broad SMARTS) is 1. The zero-order valence-electron chi connectivity index (χ0n) is 20.0. The van der Waals surface area contributed by atoms with Crippen LogP contribution in [0.1, 0.15) is 85.5 Å². The number of aliphatic carboxylic acids is 1. The maximum atomic E-state index is 12.4. The molecular formula is C24H43N3O4. The van der Waals surface area contributed by atoms with Crippen LogP contribution in [-0.2, 0) is 9.53 Å². The predicted octanol–water partition coefficient (Wildman–Crippen LogP) is 3.86. The summed E-state index contributed by atoms with van der Waals surface area (Å²) >= 11 is 0. The molecule has 3 fully saturated rings. The van der Waals surface area contributed by atoms with Crippen molar-refractivity contribution in [1.82, 2.24) is 15.1 Å². The molecule has 0 aromatic rings. The van der Waals surface area contributed by atoms with E-state index in [9.17, 15) is 14.7 Å². The first kappa shape index (κ1) is 24.3. The Bertz CT molecular complexity index is 617. The van der Waals surface area contributed by atoms with E-state index < -0.39 is 11.6 Å². The number of nitrogens with zero attached hydrogens (tertiary/aromatic N) is 2. The van der Waals surface area contributed by atoms with Gasteiger partial charge in [0.15, 0.2) is 0 Å². The molecule has 1 amide bonds. The van der Waals surface area contributed by atoms with Gasteiger partial charge < -0.3 is 20.1 Å². The molecule has 0 aromatic carbocycles. The second-order valence-corrected chi connectivity index (χ2v) is 11.1. The van der Waals surface area contributed by atoms with Crippen molar-refractivity contribution in [2.45, 2.75) is 109 Å². The van der Waals surface area contributed by atoms with Crippen LogP contribution in [0.25, 0.3) is 0 Å². The number of hydrogen-bond acceptors (Lipinski definition) is 5. The summed E-state index contributed by atoms with van der Waals surface area (Å²) in [5.74, 6) is -0.391. The van der Waals surface area contributed by atoms with Gasteiger partial charge in [0.2, 0.25) is 0 Å². The number of carboxylic acids is 1. The summed E-state index contributed by atoms with van der Waals surface area (Å²) in [6.45, 7) is 11.7. The van der Waals surface area contributed by atoms with Crippen molar-refractivity contribution in [3.8, 4) is 0 Å². The standard InChI is InChI=1S/C24H43N3O4/c1-23(2,3)31-22(30)26-15-11-24(4,12-16-26)27-13-9-19(10-14-27)25-20-8-6-5-7-18(20)17-21(28)29/h18-20,25H,5-17H2,1-4H3,(H,28,29)/t18-,20+/m1/s1. The molecule has 0 radical (unpaired) electrons. The van der Waals surface area contributed by atoms with Gasteiger partial charge in [0.25, 0.3) is 0 Å². The number of likely N-dealkylation sites (tertiary alicyclic amines) is 2. The van der Waals surface area contributed by atoms with E-state index in [-0.39, 0.29) is 17.6 Å². The predicted molar refractivity (Wildman–Crippen MR) is 121 cm³/mol. The number of ether oxygens (including phenoxy) is 1. The van der Waals surface area contributed by atoms with Gasteiger partial charge in [0.05, 0.1) is 0 Å². The van der Waals surface area contributed by atoms with E-state index in [0.29, 0.717) is 18.5 Å². The van der Waals surface area contributed by atoms with Crippen LogP contribution in [0.3, 0.4) is 0 Å². The number of nitrogens with one attached hydrogen (secondary N) is 1. The van der Waals surface area contributed by atoms with E-state index in [1.54, 1.807) is 0 Å². The van der Waals surface area contributed by atoms with Crippen molar-refractivity contribution in [1.29, 1.82) is 0 Å². The van der Waals surface area contributed by atoms with E-state index in [1.807, 2.05) is 25.7 Å². The van der Waals surface area contributed by atoms with Crippen LogP contribution in [0.15, 0.2) is 0 Å². The lowest BCUT2D eigenvalue weighted by atomic mass is 9.81. The fourth-order valence-electron chi connectivity index (χ4n) is 5.60. The van der Waals surface area contributed by atoms with E-state index >= 15 is 0 Å². The van der Waals surface area contributed by atoms with Crippen molar-refractivity contribution in [3.05, 3.63) is 0 Å². The van der Waals surface area contributed by atoms with Gasteiger partial charge >= 0.3 is 12.1 Å². The van der Waals surface area contributed by atoms with E-state index in [2.05, 4.69) is 17.1 Å². The highest BCUT2D eigenvalue weighted by Gasteiger charge is 2.39. The molecule has 3 rings (SSSR count). The summed E-state index contributed by atoms with van der Waals surface area (Å²) < 4.78 is 5.54. The molecule has 0 spiro atoms. The number of hydrogen-bond donors (Lipinski definition) is 2. The third-order valence-corrected chi connectivity index (χ3v) is 7.55. The molecular weight excluding hydrogens is 394 g/mol. The molecule has 0 aromatic heterocycles. The summed E-state index contributed by atoms with van der Waals surface area (Å²) in [5, 5.41) is 13.1. The Labute approximate surface area is 187 Å². The Morgan fingerprint density at radius 3 is 2.23 bits per heavy atom. The SMILES string of the molecule is CC(C)(C)OC(=O)N1CCC(C)(N2CCC(N[C@H]3CCCC[C@@H]3CC(=O)O)CC2)CC1. The quantitative estimate of drug-likeness (QED) is 0.680. The summed E-state index contributed by atoms with van der Waals surface area (Å²) in [5.41, 5.74) is -0.311. The Hall–Kier alpha value is -1.34. The summed E-state index contributed by atoms with van der Waals surface area (Å²) in [7, 11) is 0. The Balaban J connectivity index is 1.45. The fourth-order valence-corrected chi connectivity index (χ4v) is 5.60. The third-order valence-electron chi connectivity index (χ3n) is 7.55. The number of carbonyl (C=O) groups is 2. The second-order valence-electron chi connectivity index (χ2n) is 11.1. The van der Waals surface area contributed by atoms with Gasteiger partial charge in [0, 0.05) is 50.2 Å². The monoisotopic (exact) mass is 437 g/mol. The highest BCUT2D eigenvalue weighted by atomic mass is 16.6. The van der Waals surface area contributed by atoms with E-state index in [0.717, 1.165) is 71.1 Å². The number of carbonyl (C=O) groups excluding carboxylic acids is 1. The molecule has 2 saturated heterocycles. The summed E-state index contributed by atoms with van der Waals surface area (Å²) in [6, 6.07) is 0.843. The minimum atomic E-state index is -0.667. The molecule has 2 heterocycles. The van der Waals surface area contributed by atoms with E-state index in [1.165, 1.54) is 6.42 Å². The Kier molecular flexibility index (Phi) is 7.90. The second kappa shape index (κ2) is 10.1. The smallest absolute Gasteiger partial charge is 0.410 e. The van der Waals surface area contributed by atoms with Crippen molar-refractivity contribution in [3.63, 3.8) is 0 Å². The van der Waals surface area contributed by atoms with Gasteiger partial charge in [-0.3, -0.25) is 9.69 Å². The minimum absolute atomic E-state index is 0.139. The van der Waals surface area contributed by atoms with Gasteiger partial charge in [-0.25, -0.2) is 4.79 Å². The minimum Gasteiger partial charge on any atom is -0.481 e. The number of piperidine rings is 2. The molecule has 2 aliphatic heterocycles. The van der Waals surface area contributed by atoms with E-state index in [4.69, 9.17) is 4.74 Å². The average molecular weight is 438 g/mol. The van der Waals surface area contributed by atoms with Gasteiger partial charge in [-0.15, -0.1) is 0 Å². The summed E-state index contributed by atoms with van der Waals surface area (Å²) in [4.78, 5) is 28.1. The first-order chi connectivity index (χ1) is 14.6. The van der Waals surface area contributed by atoms with Crippen LogP contribution in [0.5, 0.6) is 0 Å². The third kappa shape index (κ3) is 6.82. The normalized spacial score (nSPS) is 28.3. The van der Waals surface area contributed by atoms with Crippen LogP contribution in [0, 0.1) is 5.92 Å². The Morgan fingerprint density at radius 1 is 1.03 bits per heavy atom. The lowest BCUT2D eigenvalue weighted by Gasteiger charge is -2.49. The highest BCUT2D eigenvalue weighted by Crippen LogP contribution is 2.33. The zero-order valence-corrected chi connectivity index (χ0v) is 20.0. The molecule has 0 bridgehead atoms.